The normalized spacial score (nSPS) is 30.4. The van der Waals surface area contributed by atoms with Gasteiger partial charge < -0.3 is 66.9 Å². The molecule has 1 fully saturated rings. The minimum absolute atomic E-state index is 0.0345. The average Bonchev–Trinajstić information content (AvgIpc) is 1.53. The van der Waals surface area contributed by atoms with Crippen LogP contribution in [0.1, 0.15) is 132 Å². The molecule has 7 rings (SSSR count). The van der Waals surface area contributed by atoms with Crippen LogP contribution in [0.3, 0.4) is 0 Å². The van der Waals surface area contributed by atoms with Gasteiger partial charge in [0.05, 0.1) is 139 Å². The molecule has 1 aromatic rings. The van der Waals surface area contributed by atoms with Crippen LogP contribution >= 0.6 is 0 Å². The van der Waals surface area contributed by atoms with Crippen LogP contribution in [-0.2, 0) is 85.7 Å². The third-order valence-electron chi connectivity index (χ3n) is 20.3. The molecule has 6 heterocycles. The molecular formula is C69H97N5O20. The van der Waals surface area contributed by atoms with Gasteiger partial charge in [-0.25, -0.2) is 0 Å². The molecule has 6 aliphatic heterocycles. The molecule has 0 radical (unpaired) electrons. The van der Waals surface area contributed by atoms with Crippen LogP contribution in [0.15, 0.2) is 72.1 Å². The maximum absolute atomic E-state index is 14.3. The Bertz CT molecular complexity index is 3220. The van der Waals surface area contributed by atoms with Crippen LogP contribution in [0, 0.1) is 45.3 Å². The summed E-state index contributed by atoms with van der Waals surface area (Å²) in [5.74, 6) is -5.88. The molecule has 25 heteroatoms. The highest BCUT2D eigenvalue weighted by molar-refractivity contribution is 6.12. The summed E-state index contributed by atoms with van der Waals surface area (Å²) >= 11 is 0. The van der Waals surface area contributed by atoms with Crippen molar-refractivity contribution in [2.45, 2.75) is 138 Å². The number of carbonyl (C=O) groups is 7. The number of rotatable bonds is 20. The molecule has 1 saturated heterocycles. The van der Waals surface area contributed by atoms with Gasteiger partial charge in [0.2, 0.25) is 0 Å². The monoisotopic (exact) mass is 1320 g/mol. The van der Waals surface area contributed by atoms with Crippen LogP contribution in [0.4, 0.5) is 0 Å². The van der Waals surface area contributed by atoms with Crippen LogP contribution in [-0.4, -0.2) is 193 Å². The lowest BCUT2D eigenvalue weighted by molar-refractivity contribution is -0.147. The van der Waals surface area contributed by atoms with E-state index < -0.39 is 98.7 Å². The topological polar surface area (TPSA) is 301 Å². The summed E-state index contributed by atoms with van der Waals surface area (Å²) in [6.07, 6.45) is 1.10. The highest BCUT2D eigenvalue weighted by Crippen LogP contribution is 2.63. The molecule has 518 valence electrons. The number of nitrogens with one attached hydrogen (secondary N) is 1. The number of esters is 7. The summed E-state index contributed by atoms with van der Waals surface area (Å²) in [4.78, 5) is 120. The Morgan fingerprint density at radius 2 is 1.05 bits per heavy atom. The van der Waals surface area contributed by atoms with E-state index in [2.05, 4.69) is 5.32 Å². The van der Waals surface area contributed by atoms with Gasteiger partial charge in [-0.2, -0.15) is 0 Å². The third kappa shape index (κ3) is 16.0. The summed E-state index contributed by atoms with van der Waals surface area (Å²) in [5.41, 5.74) is -1.37. The third-order valence-corrected chi connectivity index (χ3v) is 20.3. The number of carbonyl (C=O) groups excluding carboxylic acids is 7. The van der Waals surface area contributed by atoms with E-state index in [9.17, 15) is 33.6 Å². The fourth-order valence-electron chi connectivity index (χ4n) is 14.8. The number of hydrogen-bond acceptors (Lipinski definition) is 25. The van der Waals surface area contributed by atoms with Gasteiger partial charge in [-0.15, -0.1) is 0 Å². The van der Waals surface area contributed by atoms with Crippen LogP contribution in [0.2, 0.25) is 0 Å². The van der Waals surface area contributed by atoms with Gasteiger partial charge >= 0.3 is 41.8 Å². The minimum atomic E-state index is -1.47. The van der Waals surface area contributed by atoms with E-state index in [1.54, 1.807) is 18.3 Å². The molecular weight excluding hydrogens is 1220 g/mol. The quantitative estimate of drug-likeness (QED) is 0.0738. The van der Waals surface area contributed by atoms with Crippen molar-refractivity contribution in [3.63, 3.8) is 0 Å². The molecule has 0 aromatic heterocycles. The number of nitrogens with zero attached hydrogens (tertiary/aromatic N) is 4. The Morgan fingerprint density at radius 3 is 1.60 bits per heavy atom. The summed E-state index contributed by atoms with van der Waals surface area (Å²) < 4.78 is 73.2. The van der Waals surface area contributed by atoms with Crippen LogP contribution in [0.25, 0.3) is 0 Å². The van der Waals surface area contributed by atoms with Gasteiger partial charge in [0.25, 0.3) is 0 Å². The maximum Gasteiger partial charge on any atom is 0.306 e. The van der Waals surface area contributed by atoms with Crippen molar-refractivity contribution in [1.29, 1.82) is 0 Å². The standard InChI is InChI=1S/C69H97N5O20/c1-41-57-44(17-21-50(75)82-9)65(3,4)64(71-57)60(70-40-43-16-20-48-49(36-43)94-35-33-92-31-29-90-27-26-89-28-30-91-32-34-93-48)59-45(18-22-51(76)83-10)67(6,38-55(80)87-14)62(72-59)42(2)58-46(19-23-52(77)84-11)68(7,39-56(81)88-15)69(8,74-58)63-47(37-54(79)86-13)66(5,61(41)73-63)25-24-53(78)85-12/h16,20,36,40,44-47,63,72H,17-19,21-35,37-39H2,1-15H3/b57-41-,60-59+,62-42-,70-40?/t44-,45?,46-,47+,63?,66-,67+,68+,69-/m1/s1. The first-order valence-corrected chi connectivity index (χ1v) is 32.2. The predicted octanol–water partition coefficient (Wildman–Crippen LogP) is 7.82. The Balaban J connectivity index is 1.65. The lowest BCUT2D eigenvalue weighted by atomic mass is 9.55. The van der Waals surface area contributed by atoms with Crippen molar-refractivity contribution in [2.75, 3.05) is 116 Å². The number of hydrogen-bond donors (Lipinski definition) is 1. The van der Waals surface area contributed by atoms with Crippen molar-refractivity contribution in [3.8, 4) is 11.5 Å². The smallest absolute Gasteiger partial charge is 0.306 e. The molecule has 1 N–H and O–H groups in total. The molecule has 94 heavy (non-hydrogen) atoms. The SMILES string of the molecule is COC(=O)CCC1/C2=C(\N=Cc3ccc4c(c3)OCCOCCOCCOCCOCCO4)C3=N/C(=C(/C)C4=NC([C@H](CC(=O)OC)[C@@]4(C)CCC(=O)OC)[C@@]4(C)N=C(/C(C)=C(\N2)[C@@]1(C)CC(=O)OC)[C@@H](CCC(=O)OC)[C@]4(C)CC(=O)OC)[C@@H](CCC(=O)OC)C3(C)C. The Morgan fingerprint density at radius 1 is 0.564 bits per heavy atom. The Kier molecular flexibility index (Phi) is 25.5. The first-order valence-electron chi connectivity index (χ1n) is 32.2. The number of allylic oxidation sites excluding steroid dienone is 6. The molecule has 6 aliphatic rings. The highest BCUT2D eigenvalue weighted by Gasteiger charge is 2.67. The fraction of sp³-hybridized carbons (Fsp3) is 0.667. The van der Waals surface area contributed by atoms with E-state index in [0.29, 0.717) is 108 Å². The Labute approximate surface area is 551 Å². The second-order valence-electron chi connectivity index (χ2n) is 26.0. The molecule has 0 amide bonds. The zero-order valence-electron chi connectivity index (χ0n) is 57.5. The van der Waals surface area contributed by atoms with Gasteiger partial charge in [-0.05, 0) is 81.4 Å². The second-order valence-corrected chi connectivity index (χ2v) is 26.0. The molecule has 8 bridgehead atoms. The van der Waals surface area contributed by atoms with Crippen molar-refractivity contribution >= 4 is 65.1 Å². The van der Waals surface area contributed by atoms with E-state index in [0.717, 1.165) is 0 Å². The molecule has 2 unspecified atom stereocenters. The molecule has 0 spiro atoms. The number of benzene rings is 1. The predicted molar refractivity (Wildman–Crippen MR) is 345 cm³/mol. The summed E-state index contributed by atoms with van der Waals surface area (Å²) in [6.45, 7) is 18.7. The van der Waals surface area contributed by atoms with Gasteiger partial charge in [-0.3, -0.25) is 53.5 Å². The summed E-state index contributed by atoms with van der Waals surface area (Å²) in [5, 5.41) is 3.85. The zero-order chi connectivity index (χ0) is 68.8. The lowest BCUT2D eigenvalue weighted by Crippen LogP contribution is -2.55. The van der Waals surface area contributed by atoms with E-state index in [-0.39, 0.29) is 97.1 Å². The number of fused-ring (bicyclic) bond motifs is 7. The fourth-order valence-corrected chi connectivity index (χ4v) is 14.8. The zero-order valence-corrected chi connectivity index (χ0v) is 57.5. The molecule has 1 aromatic carbocycles. The number of aliphatic imine (C=N–C) groups is 4. The van der Waals surface area contributed by atoms with Gasteiger partial charge in [-0.1, -0.05) is 34.6 Å². The highest BCUT2D eigenvalue weighted by atomic mass is 16.6. The van der Waals surface area contributed by atoms with Crippen molar-refractivity contribution < 1.29 is 95.1 Å². The van der Waals surface area contributed by atoms with E-state index in [4.69, 9.17) is 81.5 Å². The maximum atomic E-state index is 14.3. The molecule has 25 nitrogen and oxygen atoms in total. The van der Waals surface area contributed by atoms with Gasteiger partial charge in [0, 0.05) is 106 Å². The van der Waals surface area contributed by atoms with E-state index >= 15 is 0 Å². The van der Waals surface area contributed by atoms with Gasteiger partial charge in [0.15, 0.2) is 11.5 Å². The molecule has 0 saturated carbocycles. The van der Waals surface area contributed by atoms with Crippen LogP contribution < -0.4 is 14.8 Å². The average molecular weight is 1320 g/mol. The molecule has 0 aliphatic carbocycles. The first-order chi connectivity index (χ1) is 44.8. The van der Waals surface area contributed by atoms with Crippen molar-refractivity contribution in [2.24, 2.45) is 65.3 Å². The van der Waals surface area contributed by atoms with Gasteiger partial charge in [0.1, 0.15) is 18.9 Å². The number of methoxy groups -OCH3 is 7. The van der Waals surface area contributed by atoms with E-state index in [1.807, 2.05) is 61.5 Å². The van der Waals surface area contributed by atoms with Crippen molar-refractivity contribution in [3.05, 3.63) is 57.7 Å². The van der Waals surface area contributed by atoms with Crippen LogP contribution in [0.5, 0.6) is 11.5 Å². The molecule has 9 atom stereocenters. The summed E-state index contributed by atoms with van der Waals surface area (Å²) in [7, 11) is 9.12. The van der Waals surface area contributed by atoms with Crippen molar-refractivity contribution in [1.82, 2.24) is 5.32 Å². The first kappa shape index (κ1) is 74.1. The lowest BCUT2D eigenvalue weighted by Gasteiger charge is -2.48. The van der Waals surface area contributed by atoms with E-state index in [1.165, 1.54) is 49.8 Å². The summed E-state index contributed by atoms with van der Waals surface area (Å²) in [6, 6.07) is 4.41. The number of ether oxygens (including phenoxy) is 13. The largest absolute Gasteiger partial charge is 0.487 e. The minimum Gasteiger partial charge on any atom is -0.487 e. The second kappa shape index (κ2) is 32.4. The Hall–Kier alpha value is -7.35.